The molecule has 1 rings (SSSR count). The van der Waals surface area contributed by atoms with Crippen molar-refractivity contribution in [2.45, 2.75) is 19.9 Å². The molecule has 4 heteroatoms. The number of nitrogens with one attached hydrogen (secondary N) is 1. The van der Waals surface area contributed by atoms with Crippen LogP contribution in [0.2, 0.25) is 0 Å². The number of halogens is 1. The van der Waals surface area contributed by atoms with E-state index in [1.807, 2.05) is 45.2 Å². The van der Waals surface area contributed by atoms with Gasteiger partial charge in [-0.25, -0.2) is 0 Å². The Morgan fingerprint density at radius 1 is 1.28 bits per heavy atom. The predicted octanol–water partition coefficient (Wildman–Crippen LogP) is 3.15. The van der Waals surface area contributed by atoms with E-state index in [-0.39, 0.29) is 23.8 Å². The normalized spacial score (nSPS) is 14.3. The van der Waals surface area contributed by atoms with Crippen LogP contribution in [0.3, 0.4) is 0 Å². The Labute approximate surface area is 117 Å². The highest BCUT2D eigenvalue weighted by molar-refractivity contribution is 9.10. The van der Waals surface area contributed by atoms with E-state index in [9.17, 15) is 4.79 Å². The molecule has 0 heterocycles. The molecule has 3 nitrogen and oxygen atoms in total. The van der Waals surface area contributed by atoms with E-state index in [0.29, 0.717) is 0 Å². The summed E-state index contributed by atoms with van der Waals surface area (Å²) in [6.07, 6.45) is 0. The minimum atomic E-state index is -0.193. The minimum Gasteiger partial charge on any atom is -0.469 e. The third kappa shape index (κ3) is 3.56. The highest BCUT2D eigenvalue weighted by Gasteiger charge is 2.32. The molecule has 0 fully saturated rings. The number of methoxy groups -OCH3 is 1. The highest BCUT2D eigenvalue weighted by Crippen LogP contribution is 2.29. The van der Waals surface area contributed by atoms with Gasteiger partial charge in [0, 0.05) is 10.5 Å². The van der Waals surface area contributed by atoms with E-state index < -0.39 is 0 Å². The van der Waals surface area contributed by atoms with Gasteiger partial charge in [-0.05, 0) is 30.7 Å². The first kappa shape index (κ1) is 15.2. The molecule has 1 aromatic rings. The maximum atomic E-state index is 11.9. The van der Waals surface area contributed by atoms with E-state index in [2.05, 4.69) is 21.2 Å². The molecule has 0 aromatic heterocycles. The Morgan fingerprint density at radius 2 is 1.83 bits per heavy atom. The first-order chi connectivity index (χ1) is 8.51. The van der Waals surface area contributed by atoms with Crippen molar-refractivity contribution in [1.29, 1.82) is 0 Å². The summed E-state index contributed by atoms with van der Waals surface area (Å²) in [5.41, 5.74) is 1.09. The van der Waals surface area contributed by atoms with Gasteiger partial charge in [-0.15, -0.1) is 0 Å². The molecule has 0 saturated carbocycles. The number of ether oxygens (including phenoxy) is 1. The average molecular weight is 314 g/mol. The average Bonchev–Trinajstić information content (AvgIpc) is 2.35. The Bertz CT molecular complexity index is 389. The molecular formula is C14H20BrNO2. The second kappa shape index (κ2) is 6.90. The molecule has 1 N–H and O–H groups in total. The van der Waals surface area contributed by atoms with Crippen molar-refractivity contribution >= 4 is 21.9 Å². The Morgan fingerprint density at radius 3 is 2.22 bits per heavy atom. The highest BCUT2D eigenvalue weighted by atomic mass is 79.9. The molecule has 2 unspecified atom stereocenters. The Balaban J connectivity index is 3.05. The molecule has 18 heavy (non-hydrogen) atoms. The van der Waals surface area contributed by atoms with Crippen molar-refractivity contribution < 1.29 is 9.53 Å². The molecule has 0 saturated heterocycles. The zero-order valence-corrected chi connectivity index (χ0v) is 12.8. The summed E-state index contributed by atoms with van der Waals surface area (Å²) in [5, 5.41) is 3.22. The van der Waals surface area contributed by atoms with Gasteiger partial charge in [0.2, 0.25) is 0 Å². The first-order valence-corrected chi connectivity index (χ1v) is 6.81. The summed E-state index contributed by atoms with van der Waals surface area (Å²) in [4.78, 5) is 11.9. The summed E-state index contributed by atoms with van der Waals surface area (Å²) in [5.74, 6) is -0.160. The summed E-state index contributed by atoms with van der Waals surface area (Å²) in [6, 6.07) is 7.96. The minimum absolute atomic E-state index is 0.0365. The molecule has 0 bridgehead atoms. The Kier molecular flexibility index (Phi) is 5.82. The first-order valence-electron chi connectivity index (χ1n) is 6.01. The molecule has 0 amide bonds. The summed E-state index contributed by atoms with van der Waals surface area (Å²) >= 11 is 3.41. The van der Waals surface area contributed by atoms with Crippen LogP contribution in [0.4, 0.5) is 0 Å². The monoisotopic (exact) mass is 313 g/mol. The number of esters is 1. The summed E-state index contributed by atoms with van der Waals surface area (Å²) in [7, 11) is 3.30. The topological polar surface area (TPSA) is 38.3 Å². The van der Waals surface area contributed by atoms with E-state index in [1.54, 1.807) is 0 Å². The van der Waals surface area contributed by atoms with Crippen molar-refractivity contribution in [1.82, 2.24) is 5.32 Å². The quantitative estimate of drug-likeness (QED) is 0.849. The lowest BCUT2D eigenvalue weighted by Gasteiger charge is -2.28. The summed E-state index contributed by atoms with van der Waals surface area (Å²) < 4.78 is 5.94. The molecule has 0 aliphatic heterocycles. The SMILES string of the molecule is CNC(c1ccc(Br)cc1)C(C(=O)OC)C(C)C. The van der Waals surface area contributed by atoms with Crippen molar-refractivity contribution in [2.75, 3.05) is 14.2 Å². The van der Waals surface area contributed by atoms with Crippen LogP contribution in [0.5, 0.6) is 0 Å². The van der Waals surface area contributed by atoms with Crippen LogP contribution < -0.4 is 5.32 Å². The second-order valence-corrected chi connectivity index (χ2v) is 5.53. The smallest absolute Gasteiger partial charge is 0.310 e. The van der Waals surface area contributed by atoms with Crippen molar-refractivity contribution in [2.24, 2.45) is 11.8 Å². The molecule has 2 atom stereocenters. The van der Waals surface area contributed by atoms with Crippen molar-refractivity contribution in [3.63, 3.8) is 0 Å². The van der Waals surface area contributed by atoms with Crippen LogP contribution in [0.1, 0.15) is 25.5 Å². The van der Waals surface area contributed by atoms with Crippen LogP contribution >= 0.6 is 15.9 Å². The maximum absolute atomic E-state index is 11.9. The number of hydrogen-bond acceptors (Lipinski definition) is 3. The predicted molar refractivity (Wildman–Crippen MR) is 76.3 cm³/mol. The standard InChI is InChI=1S/C14H20BrNO2/c1-9(2)12(14(17)18-4)13(16-3)10-5-7-11(15)8-6-10/h5-9,12-13,16H,1-4H3. The number of hydrogen-bond donors (Lipinski definition) is 1. The summed E-state index contributed by atoms with van der Waals surface area (Å²) in [6.45, 7) is 4.07. The van der Waals surface area contributed by atoms with Gasteiger partial charge in [0.25, 0.3) is 0 Å². The number of carbonyl (C=O) groups excluding carboxylic acids is 1. The van der Waals surface area contributed by atoms with Gasteiger partial charge in [-0.2, -0.15) is 0 Å². The zero-order chi connectivity index (χ0) is 13.7. The van der Waals surface area contributed by atoms with Gasteiger partial charge < -0.3 is 10.1 Å². The maximum Gasteiger partial charge on any atom is 0.310 e. The zero-order valence-electron chi connectivity index (χ0n) is 11.2. The van der Waals surface area contributed by atoms with Gasteiger partial charge in [0.05, 0.1) is 13.0 Å². The number of benzene rings is 1. The number of carbonyl (C=O) groups is 1. The van der Waals surface area contributed by atoms with Gasteiger partial charge >= 0.3 is 5.97 Å². The van der Waals surface area contributed by atoms with Crippen LogP contribution in [-0.4, -0.2) is 20.1 Å². The van der Waals surface area contributed by atoms with Crippen molar-refractivity contribution in [3.8, 4) is 0 Å². The van der Waals surface area contributed by atoms with Gasteiger partial charge in [-0.3, -0.25) is 4.79 Å². The third-order valence-electron chi connectivity index (χ3n) is 3.09. The third-order valence-corrected chi connectivity index (χ3v) is 3.62. The molecule has 0 spiro atoms. The molecule has 100 valence electrons. The lowest BCUT2D eigenvalue weighted by atomic mass is 9.84. The fourth-order valence-electron chi connectivity index (χ4n) is 2.15. The van der Waals surface area contributed by atoms with E-state index in [0.717, 1.165) is 10.0 Å². The van der Waals surface area contributed by atoms with Crippen LogP contribution in [-0.2, 0) is 9.53 Å². The van der Waals surface area contributed by atoms with Crippen LogP contribution in [0.15, 0.2) is 28.7 Å². The molecular weight excluding hydrogens is 294 g/mol. The van der Waals surface area contributed by atoms with Gasteiger partial charge in [0.15, 0.2) is 0 Å². The Hall–Kier alpha value is -0.870. The van der Waals surface area contributed by atoms with E-state index >= 15 is 0 Å². The molecule has 0 radical (unpaired) electrons. The van der Waals surface area contributed by atoms with Crippen LogP contribution in [0.25, 0.3) is 0 Å². The molecule has 0 aliphatic rings. The fraction of sp³-hybridized carbons (Fsp3) is 0.500. The largest absolute Gasteiger partial charge is 0.469 e. The fourth-order valence-corrected chi connectivity index (χ4v) is 2.42. The lowest BCUT2D eigenvalue weighted by molar-refractivity contribution is -0.148. The molecule has 1 aromatic carbocycles. The molecule has 0 aliphatic carbocycles. The lowest BCUT2D eigenvalue weighted by Crippen LogP contribution is -2.35. The second-order valence-electron chi connectivity index (χ2n) is 4.61. The van der Waals surface area contributed by atoms with E-state index in [1.165, 1.54) is 7.11 Å². The van der Waals surface area contributed by atoms with E-state index in [4.69, 9.17) is 4.74 Å². The van der Waals surface area contributed by atoms with Crippen molar-refractivity contribution in [3.05, 3.63) is 34.3 Å². The van der Waals surface area contributed by atoms with Gasteiger partial charge in [0.1, 0.15) is 0 Å². The van der Waals surface area contributed by atoms with Gasteiger partial charge in [-0.1, -0.05) is 41.9 Å². The number of rotatable bonds is 5. The van der Waals surface area contributed by atoms with Crippen LogP contribution in [0, 0.1) is 11.8 Å².